The van der Waals surface area contributed by atoms with Crippen LogP contribution >= 0.6 is 0 Å². The topological polar surface area (TPSA) is 24.9 Å². The molecule has 0 amide bonds. The quantitative estimate of drug-likeness (QED) is 0.583. The van der Waals surface area contributed by atoms with Crippen LogP contribution in [0.1, 0.15) is 18.9 Å². The van der Waals surface area contributed by atoms with E-state index in [-0.39, 0.29) is 12.4 Å². The minimum Gasteiger partial charge on any atom is -1.00 e. The standard InChI is InChI=1S/C9H14N2.ClH/c1-2-5-11-8-9-3-6-10-7-4-9;/h3-4,6-7,11H,2,5,8H2,1H3;1H/p-1. The maximum atomic E-state index is 3.95. The first-order chi connectivity index (χ1) is 5.43. The molecule has 1 rings (SSSR count). The molecular formula is C9H14ClN2-. The van der Waals surface area contributed by atoms with Gasteiger partial charge in [0, 0.05) is 18.9 Å². The van der Waals surface area contributed by atoms with Crippen LogP contribution in [0.15, 0.2) is 24.5 Å². The molecule has 68 valence electrons. The van der Waals surface area contributed by atoms with Gasteiger partial charge in [-0.3, -0.25) is 4.98 Å². The van der Waals surface area contributed by atoms with E-state index in [2.05, 4.69) is 17.2 Å². The number of hydrogen-bond acceptors (Lipinski definition) is 2. The van der Waals surface area contributed by atoms with Gasteiger partial charge in [0.15, 0.2) is 0 Å². The van der Waals surface area contributed by atoms with Crippen LogP contribution in [-0.2, 0) is 6.54 Å². The van der Waals surface area contributed by atoms with Crippen molar-refractivity contribution >= 4 is 0 Å². The van der Waals surface area contributed by atoms with E-state index in [9.17, 15) is 0 Å². The molecule has 3 heteroatoms. The number of rotatable bonds is 4. The highest BCUT2D eigenvalue weighted by molar-refractivity contribution is 5.08. The lowest BCUT2D eigenvalue weighted by Crippen LogP contribution is -3.00. The third-order valence-electron chi connectivity index (χ3n) is 1.51. The summed E-state index contributed by atoms with van der Waals surface area (Å²) < 4.78 is 0. The molecule has 0 atom stereocenters. The Morgan fingerprint density at radius 3 is 2.58 bits per heavy atom. The van der Waals surface area contributed by atoms with Crippen molar-refractivity contribution in [1.29, 1.82) is 0 Å². The number of halogens is 1. The third-order valence-corrected chi connectivity index (χ3v) is 1.51. The van der Waals surface area contributed by atoms with Crippen LogP contribution in [0.5, 0.6) is 0 Å². The fraction of sp³-hybridized carbons (Fsp3) is 0.444. The van der Waals surface area contributed by atoms with E-state index >= 15 is 0 Å². The lowest BCUT2D eigenvalue weighted by Gasteiger charge is -2.01. The smallest absolute Gasteiger partial charge is 0.0271 e. The van der Waals surface area contributed by atoms with Crippen molar-refractivity contribution in [3.8, 4) is 0 Å². The zero-order valence-corrected chi connectivity index (χ0v) is 8.01. The average Bonchev–Trinajstić information content (AvgIpc) is 2.07. The fourth-order valence-corrected chi connectivity index (χ4v) is 0.910. The minimum absolute atomic E-state index is 0. The molecule has 0 spiro atoms. The molecule has 0 unspecified atom stereocenters. The van der Waals surface area contributed by atoms with E-state index in [1.165, 1.54) is 12.0 Å². The highest BCUT2D eigenvalue weighted by atomic mass is 35.5. The van der Waals surface area contributed by atoms with Gasteiger partial charge >= 0.3 is 0 Å². The van der Waals surface area contributed by atoms with Gasteiger partial charge in [-0.25, -0.2) is 0 Å². The van der Waals surface area contributed by atoms with E-state index in [0.717, 1.165) is 13.1 Å². The molecule has 0 aliphatic carbocycles. The van der Waals surface area contributed by atoms with E-state index < -0.39 is 0 Å². The Hall–Kier alpha value is -0.600. The highest BCUT2D eigenvalue weighted by Crippen LogP contribution is 1.94. The third kappa shape index (κ3) is 4.31. The second-order valence-electron chi connectivity index (χ2n) is 2.53. The Balaban J connectivity index is 0.00000121. The van der Waals surface area contributed by atoms with E-state index in [4.69, 9.17) is 0 Å². The van der Waals surface area contributed by atoms with E-state index in [1.54, 1.807) is 0 Å². The van der Waals surface area contributed by atoms with Crippen molar-refractivity contribution < 1.29 is 12.4 Å². The molecule has 2 nitrogen and oxygen atoms in total. The Kier molecular flexibility index (Phi) is 6.72. The molecule has 0 radical (unpaired) electrons. The van der Waals surface area contributed by atoms with Crippen molar-refractivity contribution in [3.63, 3.8) is 0 Å². The first kappa shape index (κ1) is 11.4. The predicted molar refractivity (Wildman–Crippen MR) is 46.2 cm³/mol. The van der Waals surface area contributed by atoms with Gasteiger partial charge in [-0.2, -0.15) is 0 Å². The molecule has 12 heavy (non-hydrogen) atoms. The Bertz CT molecular complexity index is 189. The molecule has 1 aromatic rings. The highest BCUT2D eigenvalue weighted by Gasteiger charge is 1.87. The maximum absolute atomic E-state index is 3.95. The van der Waals surface area contributed by atoms with Crippen molar-refractivity contribution in [3.05, 3.63) is 30.1 Å². The molecule has 1 N–H and O–H groups in total. The summed E-state index contributed by atoms with van der Waals surface area (Å²) in [6, 6.07) is 4.06. The average molecular weight is 186 g/mol. The van der Waals surface area contributed by atoms with Gasteiger partial charge in [-0.1, -0.05) is 6.92 Å². The monoisotopic (exact) mass is 185 g/mol. The molecular weight excluding hydrogens is 172 g/mol. The Labute approximate surface area is 79.8 Å². The number of aromatic nitrogens is 1. The fourth-order valence-electron chi connectivity index (χ4n) is 0.910. The summed E-state index contributed by atoms with van der Waals surface area (Å²) >= 11 is 0. The molecule has 0 aliphatic rings. The Morgan fingerprint density at radius 1 is 1.33 bits per heavy atom. The summed E-state index contributed by atoms with van der Waals surface area (Å²) in [6.07, 6.45) is 4.83. The van der Waals surface area contributed by atoms with Gasteiger partial charge in [0.1, 0.15) is 0 Å². The molecule has 1 aromatic heterocycles. The second kappa shape index (κ2) is 7.07. The van der Waals surface area contributed by atoms with Gasteiger partial charge in [0.2, 0.25) is 0 Å². The molecule has 0 fully saturated rings. The molecule has 0 bridgehead atoms. The van der Waals surface area contributed by atoms with Crippen LogP contribution in [0.25, 0.3) is 0 Å². The van der Waals surface area contributed by atoms with Crippen LogP contribution in [-0.4, -0.2) is 11.5 Å². The van der Waals surface area contributed by atoms with Crippen molar-refractivity contribution in [2.45, 2.75) is 19.9 Å². The summed E-state index contributed by atoms with van der Waals surface area (Å²) in [6.45, 7) is 4.21. The van der Waals surface area contributed by atoms with Gasteiger partial charge in [-0.05, 0) is 30.7 Å². The van der Waals surface area contributed by atoms with Crippen LogP contribution in [0.4, 0.5) is 0 Å². The van der Waals surface area contributed by atoms with Gasteiger partial charge in [0.05, 0.1) is 0 Å². The lowest BCUT2D eigenvalue weighted by molar-refractivity contribution is -0.00000245. The molecule has 0 aliphatic heterocycles. The van der Waals surface area contributed by atoms with Crippen LogP contribution in [0.3, 0.4) is 0 Å². The van der Waals surface area contributed by atoms with Crippen LogP contribution < -0.4 is 17.7 Å². The zero-order valence-electron chi connectivity index (χ0n) is 7.26. The van der Waals surface area contributed by atoms with E-state index in [1.807, 2.05) is 24.5 Å². The van der Waals surface area contributed by atoms with E-state index in [0.29, 0.717) is 0 Å². The normalized spacial score (nSPS) is 9.08. The largest absolute Gasteiger partial charge is 1.00 e. The predicted octanol–water partition coefficient (Wildman–Crippen LogP) is -1.41. The number of nitrogens with one attached hydrogen (secondary N) is 1. The first-order valence-electron chi connectivity index (χ1n) is 4.03. The maximum Gasteiger partial charge on any atom is 0.0271 e. The van der Waals surface area contributed by atoms with Gasteiger partial charge in [0.25, 0.3) is 0 Å². The first-order valence-corrected chi connectivity index (χ1v) is 4.03. The van der Waals surface area contributed by atoms with Crippen molar-refractivity contribution in [1.82, 2.24) is 10.3 Å². The van der Waals surface area contributed by atoms with Gasteiger partial charge < -0.3 is 17.7 Å². The Morgan fingerprint density at radius 2 is 2.00 bits per heavy atom. The van der Waals surface area contributed by atoms with Crippen LogP contribution in [0, 0.1) is 0 Å². The summed E-state index contributed by atoms with van der Waals surface area (Å²) in [5.41, 5.74) is 1.30. The SMILES string of the molecule is CCCNCc1ccncc1.[Cl-]. The summed E-state index contributed by atoms with van der Waals surface area (Å²) in [7, 11) is 0. The summed E-state index contributed by atoms with van der Waals surface area (Å²) in [4.78, 5) is 3.95. The van der Waals surface area contributed by atoms with Crippen LogP contribution in [0.2, 0.25) is 0 Å². The van der Waals surface area contributed by atoms with Crippen molar-refractivity contribution in [2.75, 3.05) is 6.54 Å². The number of pyridine rings is 1. The second-order valence-corrected chi connectivity index (χ2v) is 2.53. The molecule has 0 saturated carbocycles. The zero-order chi connectivity index (χ0) is 7.94. The number of hydrogen-bond donors (Lipinski definition) is 1. The van der Waals surface area contributed by atoms with Crippen molar-refractivity contribution in [2.24, 2.45) is 0 Å². The number of nitrogens with zero attached hydrogens (tertiary/aromatic N) is 1. The lowest BCUT2D eigenvalue weighted by atomic mass is 10.3. The summed E-state index contributed by atoms with van der Waals surface area (Å²) in [5, 5.41) is 3.32. The molecule has 0 aromatic carbocycles. The van der Waals surface area contributed by atoms with Gasteiger partial charge in [-0.15, -0.1) is 0 Å². The molecule has 0 saturated heterocycles. The molecule has 1 heterocycles. The summed E-state index contributed by atoms with van der Waals surface area (Å²) in [5.74, 6) is 0. The minimum atomic E-state index is 0.